The Morgan fingerprint density at radius 1 is 1.24 bits per heavy atom. The molecule has 0 aliphatic rings. The number of hydrogen-bond acceptors (Lipinski definition) is 6. The molecule has 0 saturated carbocycles. The molecule has 0 bridgehead atoms. The third kappa shape index (κ3) is 2.81. The predicted molar refractivity (Wildman–Crippen MR) is 72.0 cm³/mol. The van der Waals surface area contributed by atoms with E-state index in [1.54, 1.807) is 6.07 Å². The molecule has 0 aliphatic carbocycles. The van der Waals surface area contributed by atoms with Gasteiger partial charge in [0.05, 0.1) is 5.56 Å². The van der Waals surface area contributed by atoms with Crippen LogP contribution in [0.15, 0.2) is 48.2 Å². The lowest BCUT2D eigenvalue weighted by Gasteiger charge is -2.05. The molecule has 2 N–H and O–H groups in total. The highest BCUT2D eigenvalue weighted by atomic mass is 16.2. The van der Waals surface area contributed by atoms with E-state index in [1.165, 1.54) is 42.0 Å². The van der Waals surface area contributed by atoms with Crippen molar-refractivity contribution in [2.45, 2.75) is 0 Å². The van der Waals surface area contributed by atoms with Crippen molar-refractivity contribution in [1.82, 2.24) is 29.7 Å². The molecule has 1 amide bonds. The van der Waals surface area contributed by atoms with Crippen LogP contribution >= 0.6 is 0 Å². The smallest absolute Gasteiger partial charge is 0.258 e. The maximum atomic E-state index is 12.0. The summed E-state index contributed by atoms with van der Waals surface area (Å²) in [4.78, 5) is 37.2. The van der Waals surface area contributed by atoms with Crippen molar-refractivity contribution in [2.24, 2.45) is 0 Å². The minimum Gasteiger partial charge on any atom is -0.328 e. The fourth-order valence-corrected chi connectivity index (χ4v) is 1.61. The van der Waals surface area contributed by atoms with E-state index in [2.05, 4.69) is 30.4 Å². The number of nitrogens with zero attached hydrogens (tertiary/aromatic N) is 5. The highest BCUT2D eigenvalue weighted by Crippen LogP contribution is 2.08. The zero-order valence-corrected chi connectivity index (χ0v) is 10.6. The Morgan fingerprint density at radius 2 is 2.14 bits per heavy atom. The van der Waals surface area contributed by atoms with Gasteiger partial charge in [0, 0.05) is 18.3 Å². The van der Waals surface area contributed by atoms with Crippen molar-refractivity contribution in [3.63, 3.8) is 0 Å². The number of rotatable bonds is 3. The highest BCUT2D eigenvalue weighted by Gasteiger charge is 2.08. The molecule has 0 aliphatic heterocycles. The average Bonchev–Trinajstić information content (AvgIpc) is 3.02. The summed E-state index contributed by atoms with van der Waals surface area (Å²) in [6.07, 6.45) is 5.49. The zero-order valence-electron chi connectivity index (χ0n) is 10.6. The predicted octanol–water partition coefficient (Wildman–Crippen LogP) is -0.00210. The van der Waals surface area contributed by atoms with Crippen LogP contribution in [0.5, 0.6) is 0 Å². The number of pyridine rings is 1. The first-order chi connectivity index (χ1) is 10.2. The van der Waals surface area contributed by atoms with Gasteiger partial charge in [0.2, 0.25) is 5.56 Å². The van der Waals surface area contributed by atoms with E-state index in [0.717, 1.165) is 0 Å². The van der Waals surface area contributed by atoms with Gasteiger partial charge in [0.25, 0.3) is 5.91 Å². The molecule has 0 unspecified atom stereocenters. The molecule has 3 rings (SSSR count). The third-order valence-corrected chi connectivity index (χ3v) is 2.59. The van der Waals surface area contributed by atoms with Crippen LogP contribution in [-0.4, -0.2) is 35.6 Å². The van der Waals surface area contributed by atoms with E-state index in [1.807, 2.05) is 0 Å². The summed E-state index contributed by atoms with van der Waals surface area (Å²) in [5.74, 6) is 0.389. The molecule has 104 valence electrons. The summed E-state index contributed by atoms with van der Waals surface area (Å²) in [6.45, 7) is 0. The molecule has 21 heavy (non-hydrogen) atoms. The summed E-state index contributed by atoms with van der Waals surface area (Å²) in [5, 5.41) is 6.54. The van der Waals surface area contributed by atoms with Crippen molar-refractivity contribution in [1.29, 1.82) is 0 Å². The number of aromatic nitrogens is 6. The molecule has 3 aromatic heterocycles. The van der Waals surface area contributed by atoms with Crippen LogP contribution in [0.4, 0.5) is 5.82 Å². The number of amides is 1. The molecular weight excluding hydrogens is 274 g/mol. The molecular formula is C12H9N7O2. The third-order valence-electron chi connectivity index (χ3n) is 2.59. The first-order valence-electron chi connectivity index (χ1n) is 5.89. The van der Waals surface area contributed by atoms with Gasteiger partial charge in [-0.05, 0) is 6.07 Å². The van der Waals surface area contributed by atoms with Crippen molar-refractivity contribution in [2.75, 3.05) is 5.32 Å². The van der Waals surface area contributed by atoms with E-state index in [-0.39, 0.29) is 5.56 Å². The molecule has 3 heterocycles. The number of H-pyrrole nitrogens is 1. The molecule has 0 atom stereocenters. The molecule has 0 saturated heterocycles. The van der Waals surface area contributed by atoms with Crippen LogP contribution in [0.3, 0.4) is 0 Å². The van der Waals surface area contributed by atoms with E-state index < -0.39 is 5.91 Å². The van der Waals surface area contributed by atoms with Crippen LogP contribution in [0, 0.1) is 0 Å². The Morgan fingerprint density at radius 3 is 2.86 bits per heavy atom. The van der Waals surface area contributed by atoms with Gasteiger partial charge in [0.15, 0.2) is 5.82 Å². The van der Waals surface area contributed by atoms with Crippen LogP contribution in [0.1, 0.15) is 10.4 Å². The summed E-state index contributed by atoms with van der Waals surface area (Å²) in [7, 11) is 0. The fraction of sp³-hybridized carbons (Fsp3) is 0. The van der Waals surface area contributed by atoms with Gasteiger partial charge in [-0.25, -0.2) is 19.6 Å². The number of hydrogen-bond donors (Lipinski definition) is 2. The van der Waals surface area contributed by atoms with Gasteiger partial charge < -0.3 is 10.3 Å². The Kier molecular flexibility index (Phi) is 3.21. The van der Waals surface area contributed by atoms with E-state index in [0.29, 0.717) is 17.2 Å². The number of aromatic amines is 1. The number of carbonyl (C=O) groups is 1. The molecule has 0 fully saturated rings. The van der Waals surface area contributed by atoms with Gasteiger partial charge >= 0.3 is 0 Å². The highest BCUT2D eigenvalue weighted by molar-refractivity contribution is 6.03. The standard InChI is InChI=1S/C12H9N7O2/c20-11-2-1-8(4-14-11)12(21)18-9-3-10(16-6-15-9)19-7-13-5-17-19/h1-7H,(H,14,20)(H,15,16,18,21). The van der Waals surface area contributed by atoms with Gasteiger partial charge in [-0.2, -0.15) is 5.10 Å². The summed E-state index contributed by atoms with van der Waals surface area (Å²) >= 11 is 0. The summed E-state index contributed by atoms with van der Waals surface area (Å²) < 4.78 is 1.44. The molecule has 3 aromatic rings. The topological polar surface area (TPSA) is 118 Å². The van der Waals surface area contributed by atoms with E-state index >= 15 is 0 Å². The first kappa shape index (κ1) is 12.7. The van der Waals surface area contributed by atoms with Gasteiger partial charge in [-0.3, -0.25) is 9.59 Å². The lowest BCUT2D eigenvalue weighted by molar-refractivity contribution is 0.102. The Bertz CT molecular complexity index is 805. The van der Waals surface area contributed by atoms with Gasteiger partial charge in [-0.1, -0.05) is 0 Å². The average molecular weight is 283 g/mol. The zero-order chi connectivity index (χ0) is 14.7. The minimum atomic E-state index is -0.394. The number of carbonyl (C=O) groups excluding carboxylic acids is 1. The van der Waals surface area contributed by atoms with Crippen molar-refractivity contribution in [3.05, 3.63) is 59.3 Å². The lowest BCUT2D eigenvalue weighted by Crippen LogP contribution is -2.15. The number of nitrogens with one attached hydrogen (secondary N) is 2. The Hall–Kier alpha value is -3.36. The Labute approximate surface area is 117 Å². The van der Waals surface area contributed by atoms with E-state index in [4.69, 9.17) is 0 Å². The van der Waals surface area contributed by atoms with Gasteiger partial charge in [0.1, 0.15) is 24.8 Å². The lowest BCUT2D eigenvalue weighted by atomic mass is 10.2. The quantitative estimate of drug-likeness (QED) is 0.698. The minimum absolute atomic E-state index is 0.276. The maximum absolute atomic E-state index is 12.0. The van der Waals surface area contributed by atoms with Crippen LogP contribution in [-0.2, 0) is 0 Å². The second kappa shape index (κ2) is 5.33. The van der Waals surface area contributed by atoms with Crippen LogP contribution in [0.2, 0.25) is 0 Å². The van der Waals surface area contributed by atoms with Crippen molar-refractivity contribution >= 4 is 11.7 Å². The van der Waals surface area contributed by atoms with Gasteiger partial charge in [-0.15, -0.1) is 0 Å². The summed E-state index contributed by atoms with van der Waals surface area (Å²) in [5.41, 5.74) is 0.0394. The molecule has 0 radical (unpaired) electrons. The van der Waals surface area contributed by atoms with Crippen LogP contribution < -0.4 is 10.9 Å². The fourth-order valence-electron chi connectivity index (χ4n) is 1.61. The molecule has 9 heteroatoms. The first-order valence-corrected chi connectivity index (χ1v) is 5.89. The normalized spacial score (nSPS) is 10.3. The maximum Gasteiger partial charge on any atom is 0.258 e. The summed E-state index contributed by atoms with van der Waals surface area (Å²) in [6, 6.07) is 4.25. The Balaban J connectivity index is 1.82. The monoisotopic (exact) mass is 283 g/mol. The van der Waals surface area contributed by atoms with Crippen LogP contribution in [0.25, 0.3) is 5.82 Å². The number of anilines is 1. The molecule has 0 spiro atoms. The molecule has 9 nitrogen and oxygen atoms in total. The largest absolute Gasteiger partial charge is 0.328 e. The molecule has 0 aromatic carbocycles. The van der Waals surface area contributed by atoms with Crippen molar-refractivity contribution in [3.8, 4) is 5.82 Å². The second-order valence-electron chi connectivity index (χ2n) is 4.00. The van der Waals surface area contributed by atoms with Crippen molar-refractivity contribution < 1.29 is 4.79 Å². The van der Waals surface area contributed by atoms with E-state index in [9.17, 15) is 9.59 Å². The second-order valence-corrected chi connectivity index (χ2v) is 4.00. The SMILES string of the molecule is O=C(Nc1cc(-n2cncn2)ncn1)c1ccc(=O)[nH]c1.